The third-order valence-corrected chi connectivity index (χ3v) is 4.01. The number of nitrogen functional groups attached to an aromatic ring is 1. The fourth-order valence-electron chi connectivity index (χ4n) is 2.62. The van der Waals surface area contributed by atoms with Crippen LogP contribution in [-0.4, -0.2) is 45.4 Å². The molecule has 1 aliphatic heterocycles. The van der Waals surface area contributed by atoms with Crippen LogP contribution in [0.3, 0.4) is 0 Å². The molecule has 2 N–H and O–H groups in total. The molecule has 9 nitrogen and oxygen atoms in total. The lowest BCUT2D eigenvalue weighted by Crippen LogP contribution is -2.15. The van der Waals surface area contributed by atoms with Crippen molar-refractivity contribution in [3.05, 3.63) is 36.2 Å². The van der Waals surface area contributed by atoms with Crippen molar-refractivity contribution in [1.29, 1.82) is 0 Å². The van der Waals surface area contributed by atoms with Crippen molar-refractivity contribution in [2.75, 3.05) is 30.9 Å². The molecular formula is C16H17N7O2. The fourth-order valence-corrected chi connectivity index (χ4v) is 2.62. The normalized spacial score (nSPS) is 16.9. The molecule has 0 aliphatic carbocycles. The number of benzene rings is 1. The first-order valence-electron chi connectivity index (χ1n) is 7.93. The molecule has 1 fully saturated rings. The van der Waals surface area contributed by atoms with Crippen LogP contribution in [0.15, 0.2) is 34.9 Å². The van der Waals surface area contributed by atoms with Crippen molar-refractivity contribution in [3.63, 3.8) is 0 Å². The van der Waals surface area contributed by atoms with Gasteiger partial charge in [-0.05, 0) is 18.6 Å². The summed E-state index contributed by atoms with van der Waals surface area (Å²) in [4.78, 5) is 19.0. The van der Waals surface area contributed by atoms with Crippen molar-refractivity contribution < 1.29 is 9.26 Å². The lowest BCUT2D eigenvalue weighted by Gasteiger charge is -2.17. The Labute approximate surface area is 143 Å². The van der Waals surface area contributed by atoms with Gasteiger partial charge in [-0.3, -0.25) is 0 Å². The third-order valence-electron chi connectivity index (χ3n) is 4.01. The van der Waals surface area contributed by atoms with Crippen molar-refractivity contribution in [2.45, 2.75) is 12.3 Å². The van der Waals surface area contributed by atoms with Crippen LogP contribution in [0.1, 0.15) is 18.2 Å². The highest BCUT2D eigenvalue weighted by Crippen LogP contribution is 2.26. The monoisotopic (exact) mass is 339 g/mol. The largest absolute Gasteiger partial charge is 0.381 e. The SMILES string of the molecule is CN(c1ccccc1)c1nc(N)nc(-c2noc(C3CCOC3)n2)n1. The molecule has 1 saturated heterocycles. The van der Waals surface area contributed by atoms with Gasteiger partial charge in [-0.2, -0.15) is 19.9 Å². The number of para-hydroxylation sites is 1. The zero-order valence-corrected chi connectivity index (χ0v) is 13.7. The standard InChI is InChI=1S/C16H17N7O2/c1-23(11-5-3-2-4-6-11)16-20-12(19-15(17)21-16)13-18-14(25-22-13)10-7-8-24-9-10/h2-6,10H,7-9H2,1H3,(H2,17,19,20,21). The summed E-state index contributed by atoms with van der Waals surface area (Å²) < 4.78 is 10.7. The van der Waals surface area contributed by atoms with E-state index in [1.54, 1.807) is 0 Å². The summed E-state index contributed by atoms with van der Waals surface area (Å²) in [5.74, 6) is 1.72. The Kier molecular flexibility index (Phi) is 3.98. The Hall–Kier alpha value is -3.07. The maximum atomic E-state index is 5.85. The first-order valence-corrected chi connectivity index (χ1v) is 7.93. The van der Waals surface area contributed by atoms with E-state index in [1.807, 2.05) is 42.3 Å². The molecule has 9 heteroatoms. The number of anilines is 3. The number of hydrogen-bond donors (Lipinski definition) is 1. The van der Waals surface area contributed by atoms with E-state index in [0.717, 1.165) is 12.1 Å². The molecule has 4 rings (SSSR count). The topological polar surface area (TPSA) is 116 Å². The van der Waals surface area contributed by atoms with Gasteiger partial charge in [0, 0.05) is 19.3 Å². The smallest absolute Gasteiger partial charge is 0.240 e. The minimum Gasteiger partial charge on any atom is -0.381 e. The van der Waals surface area contributed by atoms with E-state index in [-0.39, 0.29) is 17.7 Å². The predicted octanol–water partition coefficient (Wildman–Crippen LogP) is 1.78. The van der Waals surface area contributed by atoms with Crippen LogP contribution in [-0.2, 0) is 4.74 Å². The number of aromatic nitrogens is 5. The van der Waals surface area contributed by atoms with Gasteiger partial charge in [0.1, 0.15) is 0 Å². The summed E-state index contributed by atoms with van der Waals surface area (Å²) in [6.07, 6.45) is 0.864. The van der Waals surface area contributed by atoms with E-state index < -0.39 is 0 Å². The average Bonchev–Trinajstić information content (AvgIpc) is 3.32. The first-order chi connectivity index (χ1) is 12.2. The van der Waals surface area contributed by atoms with Crippen LogP contribution in [0.4, 0.5) is 17.6 Å². The number of hydrogen-bond acceptors (Lipinski definition) is 9. The van der Waals surface area contributed by atoms with E-state index in [0.29, 0.717) is 30.9 Å². The van der Waals surface area contributed by atoms with E-state index >= 15 is 0 Å². The minimum atomic E-state index is 0.0957. The van der Waals surface area contributed by atoms with Gasteiger partial charge in [0.05, 0.1) is 12.5 Å². The number of rotatable bonds is 4. The molecule has 1 aromatic carbocycles. The second-order valence-electron chi connectivity index (χ2n) is 5.73. The molecule has 0 radical (unpaired) electrons. The van der Waals surface area contributed by atoms with E-state index in [9.17, 15) is 0 Å². The average molecular weight is 339 g/mol. The summed E-state index contributed by atoms with van der Waals surface area (Å²) in [7, 11) is 1.85. The van der Waals surface area contributed by atoms with Gasteiger partial charge < -0.3 is 19.9 Å². The molecule has 128 valence electrons. The van der Waals surface area contributed by atoms with Gasteiger partial charge in [-0.25, -0.2) is 0 Å². The molecular weight excluding hydrogens is 322 g/mol. The number of nitrogens with zero attached hydrogens (tertiary/aromatic N) is 6. The maximum absolute atomic E-state index is 5.85. The lowest BCUT2D eigenvalue weighted by atomic mass is 10.1. The highest BCUT2D eigenvalue weighted by molar-refractivity contribution is 5.58. The summed E-state index contributed by atoms with van der Waals surface area (Å²) in [5, 5.41) is 3.98. The zero-order valence-electron chi connectivity index (χ0n) is 13.7. The number of nitrogens with two attached hydrogens (primary N) is 1. The van der Waals surface area contributed by atoms with Crippen LogP contribution in [0, 0.1) is 0 Å². The van der Waals surface area contributed by atoms with Gasteiger partial charge in [0.2, 0.25) is 29.4 Å². The first kappa shape index (κ1) is 15.5. The molecule has 0 amide bonds. The Morgan fingerprint density at radius 3 is 2.68 bits per heavy atom. The van der Waals surface area contributed by atoms with Crippen molar-refractivity contribution in [3.8, 4) is 11.6 Å². The summed E-state index contributed by atoms with van der Waals surface area (Å²) >= 11 is 0. The van der Waals surface area contributed by atoms with Crippen molar-refractivity contribution >= 4 is 17.6 Å². The zero-order chi connectivity index (χ0) is 17.2. The Bertz CT molecular complexity index is 862. The van der Waals surface area contributed by atoms with Crippen LogP contribution >= 0.6 is 0 Å². The van der Waals surface area contributed by atoms with Crippen LogP contribution in [0.5, 0.6) is 0 Å². The van der Waals surface area contributed by atoms with Crippen LogP contribution in [0.25, 0.3) is 11.6 Å². The fraction of sp³-hybridized carbons (Fsp3) is 0.312. The van der Waals surface area contributed by atoms with E-state index in [2.05, 4.69) is 25.1 Å². The van der Waals surface area contributed by atoms with Crippen LogP contribution in [0.2, 0.25) is 0 Å². The van der Waals surface area contributed by atoms with Gasteiger partial charge in [-0.15, -0.1) is 0 Å². The lowest BCUT2D eigenvalue weighted by molar-refractivity contribution is 0.189. The van der Waals surface area contributed by atoms with Crippen molar-refractivity contribution in [2.24, 2.45) is 0 Å². The second-order valence-corrected chi connectivity index (χ2v) is 5.73. The quantitative estimate of drug-likeness (QED) is 0.759. The molecule has 0 saturated carbocycles. The summed E-state index contributed by atoms with van der Waals surface area (Å²) in [6, 6.07) is 9.72. The van der Waals surface area contributed by atoms with E-state index in [1.165, 1.54) is 0 Å². The van der Waals surface area contributed by atoms with Crippen molar-refractivity contribution in [1.82, 2.24) is 25.1 Å². The molecule has 3 heterocycles. The molecule has 25 heavy (non-hydrogen) atoms. The van der Waals surface area contributed by atoms with E-state index in [4.69, 9.17) is 15.0 Å². The van der Waals surface area contributed by atoms with Gasteiger partial charge in [0.15, 0.2) is 0 Å². The Morgan fingerprint density at radius 2 is 1.92 bits per heavy atom. The molecule has 2 aromatic heterocycles. The summed E-state index contributed by atoms with van der Waals surface area (Å²) in [5.41, 5.74) is 6.77. The summed E-state index contributed by atoms with van der Waals surface area (Å²) in [6.45, 7) is 1.29. The third kappa shape index (κ3) is 3.13. The molecule has 3 aromatic rings. The highest BCUT2D eigenvalue weighted by Gasteiger charge is 2.25. The molecule has 1 aliphatic rings. The Balaban J connectivity index is 1.65. The predicted molar refractivity (Wildman–Crippen MR) is 90.2 cm³/mol. The molecule has 0 spiro atoms. The van der Waals surface area contributed by atoms with Crippen LogP contribution < -0.4 is 10.6 Å². The van der Waals surface area contributed by atoms with Gasteiger partial charge in [0.25, 0.3) is 0 Å². The highest BCUT2D eigenvalue weighted by atomic mass is 16.5. The Morgan fingerprint density at radius 1 is 1.08 bits per heavy atom. The molecule has 0 bridgehead atoms. The van der Waals surface area contributed by atoms with Gasteiger partial charge >= 0.3 is 0 Å². The second kappa shape index (κ2) is 6.44. The number of ether oxygens (including phenoxy) is 1. The van der Waals surface area contributed by atoms with Gasteiger partial charge in [-0.1, -0.05) is 23.4 Å². The maximum Gasteiger partial charge on any atom is 0.240 e. The molecule has 1 atom stereocenters. The molecule has 1 unspecified atom stereocenters. The minimum absolute atomic E-state index is 0.0957.